The van der Waals surface area contributed by atoms with Crippen molar-refractivity contribution in [1.29, 1.82) is 5.26 Å². The molecule has 0 aliphatic carbocycles. The summed E-state index contributed by atoms with van der Waals surface area (Å²) in [6.45, 7) is 2.65. The highest BCUT2D eigenvalue weighted by molar-refractivity contribution is 7.10. The zero-order chi connectivity index (χ0) is 16.9. The minimum absolute atomic E-state index is 0.156. The molecule has 1 fully saturated rings. The van der Waals surface area contributed by atoms with E-state index in [2.05, 4.69) is 11.0 Å². The monoisotopic (exact) mass is 359 g/mol. The van der Waals surface area contributed by atoms with Crippen LogP contribution in [0.5, 0.6) is 0 Å². The van der Waals surface area contributed by atoms with E-state index < -0.39 is 0 Å². The summed E-state index contributed by atoms with van der Waals surface area (Å²) >= 11 is 7.84. The fourth-order valence-corrected chi connectivity index (χ4v) is 3.88. The van der Waals surface area contributed by atoms with Gasteiger partial charge in [-0.3, -0.25) is 9.69 Å². The topological polar surface area (TPSA) is 47.3 Å². The zero-order valence-electron chi connectivity index (χ0n) is 13.2. The Hall–Kier alpha value is -1.87. The molecular weight excluding hydrogens is 342 g/mol. The highest BCUT2D eigenvalue weighted by atomic mass is 35.5. The Balaban J connectivity index is 1.61. The van der Waals surface area contributed by atoms with E-state index >= 15 is 0 Å². The number of nitriles is 1. The van der Waals surface area contributed by atoms with Crippen molar-refractivity contribution in [3.05, 3.63) is 57.2 Å². The molecule has 0 spiro atoms. The Kier molecular flexibility index (Phi) is 5.52. The fourth-order valence-electron chi connectivity index (χ4n) is 2.95. The molecular formula is C18H18ClN3OS. The third kappa shape index (κ3) is 3.78. The van der Waals surface area contributed by atoms with Gasteiger partial charge in [-0.2, -0.15) is 5.26 Å². The summed E-state index contributed by atoms with van der Waals surface area (Å²) in [5.74, 6) is 0.156. The van der Waals surface area contributed by atoms with Crippen molar-refractivity contribution < 1.29 is 4.79 Å². The number of halogens is 1. The summed E-state index contributed by atoms with van der Waals surface area (Å²) in [5, 5.41) is 12.2. The van der Waals surface area contributed by atoms with E-state index in [4.69, 9.17) is 11.6 Å². The number of hydrogen-bond donors (Lipinski definition) is 0. The summed E-state index contributed by atoms with van der Waals surface area (Å²) in [6, 6.07) is 13.4. The molecule has 2 aromatic rings. The van der Waals surface area contributed by atoms with Crippen LogP contribution in [0.4, 0.5) is 0 Å². The van der Waals surface area contributed by atoms with Crippen LogP contribution in [0.15, 0.2) is 41.8 Å². The van der Waals surface area contributed by atoms with E-state index in [1.54, 1.807) is 11.3 Å². The van der Waals surface area contributed by atoms with Crippen LogP contribution < -0.4 is 0 Å². The van der Waals surface area contributed by atoms with Crippen molar-refractivity contribution in [3.8, 4) is 6.07 Å². The lowest BCUT2D eigenvalue weighted by molar-refractivity contribution is -0.132. The third-order valence-electron chi connectivity index (χ3n) is 4.26. The van der Waals surface area contributed by atoms with Crippen LogP contribution in [0.2, 0.25) is 5.02 Å². The second-order valence-electron chi connectivity index (χ2n) is 5.73. The largest absolute Gasteiger partial charge is 0.340 e. The van der Waals surface area contributed by atoms with Crippen molar-refractivity contribution in [2.75, 3.05) is 26.2 Å². The Labute approximate surface area is 150 Å². The number of piperazine rings is 1. The number of hydrogen-bond acceptors (Lipinski definition) is 4. The standard InChI is InChI=1S/C18H18ClN3OS/c19-16-6-2-1-5-15(16)17(13-20)21-7-9-22(10-8-21)18(23)12-14-4-3-11-24-14/h1-6,11,17H,7-10,12H2. The summed E-state index contributed by atoms with van der Waals surface area (Å²) in [7, 11) is 0. The average molecular weight is 360 g/mol. The van der Waals surface area contributed by atoms with E-state index in [1.807, 2.05) is 46.7 Å². The van der Waals surface area contributed by atoms with Gasteiger partial charge in [-0.15, -0.1) is 11.3 Å². The normalized spacial score (nSPS) is 16.6. The molecule has 1 aromatic heterocycles. The molecule has 2 heterocycles. The number of rotatable bonds is 4. The molecule has 4 nitrogen and oxygen atoms in total. The second kappa shape index (κ2) is 7.80. The SMILES string of the molecule is N#CC(c1ccccc1Cl)N1CCN(C(=O)Cc2cccs2)CC1. The van der Waals surface area contributed by atoms with Crippen LogP contribution in [0, 0.1) is 11.3 Å². The van der Waals surface area contributed by atoms with Gasteiger partial charge in [-0.1, -0.05) is 35.9 Å². The number of carbonyl (C=O) groups excluding carboxylic acids is 1. The van der Waals surface area contributed by atoms with Gasteiger partial charge in [-0.05, 0) is 17.5 Å². The van der Waals surface area contributed by atoms with E-state index in [1.165, 1.54) is 0 Å². The Morgan fingerprint density at radius 2 is 1.96 bits per heavy atom. The first kappa shape index (κ1) is 17.0. The number of thiophene rings is 1. The predicted molar refractivity (Wildman–Crippen MR) is 96.0 cm³/mol. The number of nitrogens with zero attached hydrogens (tertiary/aromatic N) is 3. The van der Waals surface area contributed by atoms with Crippen molar-refractivity contribution in [1.82, 2.24) is 9.80 Å². The molecule has 1 aromatic carbocycles. The molecule has 0 bridgehead atoms. The average Bonchev–Trinajstić information content (AvgIpc) is 3.11. The second-order valence-corrected chi connectivity index (χ2v) is 7.17. The van der Waals surface area contributed by atoms with Gasteiger partial charge < -0.3 is 4.90 Å². The predicted octanol–water partition coefficient (Wildman–Crippen LogP) is 3.35. The lowest BCUT2D eigenvalue weighted by Gasteiger charge is -2.37. The fraction of sp³-hybridized carbons (Fsp3) is 0.333. The van der Waals surface area contributed by atoms with Gasteiger partial charge in [0.1, 0.15) is 6.04 Å². The van der Waals surface area contributed by atoms with Crippen LogP contribution in [-0.4, -0.2) is 41.9 Å². The van der Waals surface area contributed by atoms with Crippen molar-refractivity contribution in [2.24, 2.45) is 0 Å². The lowest BCUT2D eigenvalue weighted by Crippen LogP contribution is -2.49. The van der Waals surface area contributed by atoms with Crippen LogP contribution in [0.25, 0.3) is 0 Å². The molecule has 1 aliphatic rings. The number of carbonyl (C=O) groups is 1. The van der Waals surface area contributed by atoms with E-state index in [0.29, 0.717) is 37.6 Å². The van der Waals surface area contributed by atoms with Gasteiger partial charge in [0.2, 0.25) is 5.91 Å². The molecule has 1 unspecified atom stereocenters. The maximum atomic E-state index is 12.4. The van der Waals surface area contributed by atoms with E-state index in [-0.39, 0.29) is 11.9 Å². The van der Waals surface area contributed by atoms with Crippen molar-refractivity contribution in [2.45, 2.75) is 12.5 Å². The van der Waals surface area contributed by atoms with Gasteiger partial charge in [0.05, 0.1) is 12.5 Å². The molecule has 0 N–H and O–H groups in total. The van der Waals surface area contributed by atoms with E-state index in [0.717, 1.165) is 10.4 Å². The lowest BCUT2D eigenvalue weighted by atomic mass is 10.1. The van der Waals surface area contributed by atoms with Crippen LogP contribution in [0.1, 0.15) is 16.5 Å². The Morgan fingerprint density at radius 1 is 1.21 bits per heavy atom. The number of benzene rings is 1. The molecule has 0 radical (unpaired) electrons. The van der Waals surface area contributed by atoms with Gasteiger partial charge in [-0.25, -0.2) is 0 Å². The van der Waals surface area contributed by atoms with Crippen molar-refractivity contribution >= 4 is 28.8 Å². The Morgan fingerprint density at radius 3 is 2.58 bits per heavy atom. The molecule has 24 heavy (non-hydrogen) atoms. The molecule has 0 saturated carbocycles. The summed E-state index contributed by atoms with van der Waals surface area (Å²) < 4.78 is 0. The van der Waals surface area contributed by atoms with E-state index in [9.17, 15) is 10.1 Å². The molecule has 1 atom stereocenters. The molecule has 124 valence electrons. The first-order valence-corrected chi connectivity index (χ1v) is 9.13. The quantitative estimate of drug-likeness (QED) is 0.841. The van der Waals surface area contributed by atoms with Gasteiger partial charge in [0, 0.05) is 41.6 Å². The zero-order valence-corrected chi connectivity index (χ0v) is 14.8. The Bertz CT molecular complexity index is 733. The highest BCUT2D eigenvalue weighted by Gasteiger charge is 2.28. The van der Waals surface area contributed by atoms with Crippen molar-refractivity contribution in [3.63, 3.8) is 0 Å². The first-order valence-electron chi connectivity index (χ1n) is 7.87. The molecule has 3 rings (SSSR count). The van der Waals surface area contributed by atoms with Crippen LogP contribution >= 0.6 is 22.9 Å². The van der Waals surface area contributed by atoms with Crippen LogP contribution in [-0.2, 0) is 11.2 Å². The summed E-state index contributed by atoms with van der Waals surface area (Å²) in [5.41, 5.74) is 0.833. The molecule has 1 saturated heterocycles. The minimum Gasteiger partial charge on any atom is -0.340 e. The smallest absolute Gasteiger partial charge is 0.227 e. The maximum Gasteiger partial charge on any atom is 0.227 e. The summed E-state index contributed by atoms with van der Waals surface area (Å²) in [4.78, 5) is 17.4. The highest BCUT2D eigenvalue weighted by Crippen LogP contribution is 2.27. The molecule has 6 heteroatoms. The first-order chi connectivity index (χ1) is 11.7. The van der Waals surface area contributed by atoms with Crippen LogP contribution in [0.3, 0.4) is 0 Å². The van der Waals surface area contributed by atoms with Gasteiger partial charge >= 0.3 is 0 Å². The number of amides is 1. The third-order valence-corrected chi connectivity index (χ3v) is 5.48. The summed E-state index contributed by atoms with van der Waals surface area (Å²) in [6.07, 6.45) is 0.462. The maximum absolute atomic E-state index is 12.4. The van der Waals surface area contributed by atoms with Gasteiger partial charge in [0.15, 0.2) is 0 Å². The molecule has 1 amide bonds. The molecule has 1 aliphatic heterocycles. The minimum atomic E-state index is -0.367. The van der Waals surface area contributed by atoms with Gasteiger partial charge in [0.25, 0.3) is 0 Å².